The second kappa shape index (κ2) is 7.39. The standard InChI is InChI=1S/C23H21N3O3/c1-3-25(18-11-9-15-7-5-6-8-16(15)13-18)21(27)17-10-12-19-20(14-17)24-23(29)26(4-2)22(19)28/h5-14H,3-4H2,1-2H3,(H,24,29). The van der Waals surface area contributed by atoms with Gasteiger partial charge >= 0.3 is 5.69 Å². The highest BCUT2D eigenvalue weighted by molar-refractivity contribution is 6.08. The lowest BCUT2D eigenvalue weighted by atomic mass is 10.1. The molecule has 0 aliphatic carbocycles. The van der Waals surface area contributed by atoms with Crippen LogP contribution in [0.25, 0.3) is 21.7 Å². The summed E-state index contributed by atoms with van der Waals surface area (Å²) in [5.41, 5.74) is 0.747. The molecule has 6 nitrogen and oxygen atoms in total. The molecule has 29 heavy (non-hydrogen) atoms. The van der Waals surface area contributed by atoms with Gasteiger partial charge in [0.15, 0.2) is 0 Å². The molecule has 0 saturated heterocycles. The lowest BCUT2D eigenvalue weighted by Gasteiger charge is -2.22. The minimum atomic E-state index is -0.475. The Morgan fingerprint density at radius 2 is 1.72 bits per heavy atom. The van der Waals surface area contributed by atoms with Crippen molar-refractivity contribution in [3.8, 4) is 0 Å². The van der Waals surface area contributed by atoms with Gasteiger partial charge in [0.25, 0.3) is 11.5 Å². The van der Waals surface area contributed by atoms with Gasteiger partial charge in [0.2, 0.25) is 0 Å². The van der Waals surface area contributed by atoms with Crippen molar-refractivity contribution in [2.24, 2.45) is 0 Å². The number of rotatable bonds is 4. The number of nitrogens with zero attached hydrogens (tertiary/aromatic N) is 2. The summed E-state index contributed by atoms with van der Waals surface area (Å²) in [5.74, 6) is -0.190. The van der Waals surface area contributed by atoms with Crippen LogP contribution in [-0.4, -0.2) is 22.0 Å². The van der Waals surface area contributed by atoms with Crippen LogP contribution in [0.4, 0.5) is 5.69 Å². The van der Waals surface area contributed by atoms with Crippen LogP contribution in [0.3, 0.4) is 0 Å². The van der Waals surface area contributed by atoms with Gasteiger partial charge in [-0.3, -0.25) is 14.2 Å². The number of amides is 1. The first-order valence-corrected chi connectivity index (χ1v) is 9.61. The third kappa shape index (κ3) is 3.23. The summed E-state index contributed by atoms with van der Waals surface area (Å²) in [7, 11) is 0. The predicted octanol–water partition coefficient (Wildman–Crippen LogP) is 3.53. The smallest absolute Gasteiger partial charge is 0.309 e. The van der Waals surface area contributed by atoms with Gasteiger partial charge in [-0.1, -0.05) is 30.3 Å². The van der Waals surface area contributed by atoms with Crippen LogP contribution >= 0.6 is 0 Å². The first kappa shape index (κ1) is 18.7. The fourth-order valence-corrected chi connectivity index (χ4v) is 3.62. The van der Waals surface area contributed by atoms with Crippen molar-refractivity contribution < 1.29 is 4.79 Å². The summed E-state index contributed by atoms with van der Waals surface area (Å²) >= 11 is 0. The second-order valence-corrected chi connectivity index (χ2v) is 6.82. The van der Waals surface area contributed by atoms with Gasteiger partial charge in [-0.05, 0) is 55.0 Å². The molecule has 4 rings (SSSR count). The average molecular weight is 387 g/mol. The maximum atomic E-state index is 13.2. The van der Waals surface area contributed by atoms with Crippen molar-refractivity contribution in [2.75, 3.05) is 11.4 Å². The topological polar surface area (TPSA) is 75.2 Å². The molecule has 0 aliphatic heterocycles. The molecule has 0 unspecified atom stereocenters. The number of aromatic amines is 1. The van der Waals surface area contributed by atoms with Crippen molar-refractivity contribution in [3.05, 3.63) is 87.1 Å². The quantitative estimate of drug-likeness (QED) is 0.582. The van der Waals surface area contributed by atoms with Crippen LogP contribution in [0.2, 0.25) is 0 Å². The van der Waals surface area contributed by atoms with E-state index in [4.69, 9.17) is 0 Å². The summed E-state index contributed by atoms with van der Waals surface area (Å²) in [6.07, 6.45) is 0. The molecule has 0 bridgehead atoms. The van der Waals surface area contributed by atoms with Gasteiger partial charge in [-0.25, -0.2) is 4.79 Å². The zero-order valence-electron chi connectivity index (χ0n) is 16.3. The number of fused-ring (bicyclic) bond motifs is 2. The molecule has 0 radical (unpaired) electrons. The highest BCUT2D eigenvalue weighted by atomic mass is 16.2. The Balaban J connectivity index is 1.77. The minimum absolute atomic E-state index is 0.190. The van der Waals surface area contributed by atoms with Crippen LogP contribution < -0.4 is 16.1 Å². The van der Waals surface area contributed by atoms with E-state index in [0.717, 1.165) is 21.0 Å². The summed E-state index contributed by atoms with van der Waals surface area (Å²) < 4.78 is 1.14. The molecule has 0 spiro atoms. The lowest BCUT2D eigenvalue weighted by Crippen LogP contribution is -2.34. The first-order valence-electron chi connectivity index (χ1n) is 9.61. The van der Waals surface area contributed by atoms with Crippen molar-refractivity contribution in [1.82, 2.24) is 9.55 Å². The number of H-pyrrole nitrogens is 1. The van der Waals surface area contributed by atoms with Crippen LogP contribution in [0.1, 0.15) is 24.2 Å². The Morgan fingerprint density at radius 3 is 2.45 bits per heavy atom. The molecule has 0 aliphatic rings. The fraction of sp³-hybridized carbons (Fsp3) is 0.174. The molecular formula is C23H21N3O3. The van der Waals surface area contributed by atoms with Crippen LogP contribution in [0.15, 0.2) is 70.3 Å². The van der Waals surface area contributed by atoms with Gasteiger partial charge in [-0.15, -0.1) is 0 Å². The van der Waals surface area contributed by atoms with Crippen LogP contribution in [-0.2, 0) is 6.54 Å². The Bertz CT molecular complexity index is 1350. The molecule has 4 aromatic rings. The Labute approximate surface area is 167 Å². The van der Waals surface area contributed by atoms with Gasteiger partial charge in [0, 0.05) is 24.3 Å². The summed E-state index contributed by atoms with van der Waals surface area (Å²) in [4.78, 5) is 42.1. The van der Waals surface area contributed by atoms with E-state index in [9.17, 15) is 14.4 Å². The van der Waals surface area contributed by atoms with E-state index in [1.54, 1.807) is 30.0 Å². The van der Waals surface area contributed by atoms with E-state index in [1.165, 1.54) is 0 Å². The fourth-order valence-electron chi connectivity index (χ4n) is 3.62. The first-order chi connectivity index (χ1) is 14.0. The van der Waals surface area contributed by atoms with Crippen molar-refractivity contribution in [3.63, 3.8) is 0 Å². The lowest BCUT2D eigenvalue weighted by molar-refractivity contribution is 0.0988. The second-order valence-electron chi connectivity index (χ2n) is 6.82. The van der Waals surface area contributed by atoms with Gasteiger partial charge in [0.1, 0.15) is 0 Å². The maximum Gasteiger partial charge on any atom is 0.328 e. The molecule has 3 aromatic carbocycles. The number of anilines is 1. The number of nitrogens with one attached hydrogen (secondary N) is 1. The molecule has 0 fully saturated rings. The van der Waals surface area contributed by atoms with Crippen LogP contribution in [0.5, 0.6) is 0 Å². The molecule has 1 amide bonds. The third-order valence-corrected chi connectivity index (χ3v) is 5.15. The number of carbonyl (C=O) groups excluding carboxylic acids is 1. The molecule has 1 N–H and O–H groups in total. The Hall–Kier alpha value is -3.67. The SMILES string of the molecule is CCN(C(=O)c1ccc2c(=O)n(CC)c(=O)[nH]c2c1)c1ccc2ccccc2c1. The maximum absolute atomic E-state index is 13.2. The Kier molecular flexibility index (Phi) is 4.76. The number of carbonyl (C=O) groups is 1. The molecule has 146 valence electrons. The van der Waals surface area contributed by atoms with E-state index < -0.39 is 5.69 Å². The molecule has 0 saturated carbocycles. The van der Waals surface area contributed by atoms with E-state index in [2.05, 4.69) is 4.98 Å². The van der Waals surface area contributed by atoms with Gasteiger partial charge in [0.05, 0.1) is 10.9 Å². The van der Waals surface area contributed by atoms with Crippen molar-refractivity contribution >= 4 is 33.3 Å². The summed E-state index contributed by atoms with van der Waals surface area (Å²) in [6.45, 7) is 4.43. The highest BCUT2D eigenvalue weighted by Gasteiger charge is 2.18. The summed E-state index contributed by atoms with van der Waals surface area (Å²) in [5, 5.41) is 2.55. The van der Waals surface area contributed by atoms with Gasteiger partial charge < -0.3 is 9.88 Å². The van der Waals surface area contributed by atoms with E-state index in [-0.39, 0.29) is 18.0 Å². The summed E-state index contributed by atoms with van der Waals surface area (Å²) in [6, 6.07) is 18.7. The average Bonchev–Trinajstić information content (AvgIpc) is 2.74. The zero-order chi connectivity index (χ0) is 20.5. The predicted molar refractivity (Wildman–Crippen MR) is 116 cm³/mol. The van der Waals surface area contributed by atoms with Gasteiger partial charge in [-0.2, -0.15) is 0 Å². The molecule has 1 heterocycles. The molecular weight excluding hydrogens is 366 g/mol. The molecule has 6 heteroatoms. The third-order valence-electron chi connectivity index (χ3n) is 5.15. The molecule has 0 atom stereocenters. The number of benzene rings is 3. The minimum Gasteiger partial charge on any atom is -0.309 e. The largest absolute Gasteiger partial charge is 0.328 e. The Morgan fingerprint density at radius 1 is 0.966 bits per heavy atom. The highest BCUT2D eigenvalue weighted by Crippen LogP contribution is 2.24. The number of hydrogen-bond donors (Lipinski definition) is 1. The van der Waals surface area contributed by atoms with Crippen molar-refractivity contribution in [2.45, 2.75) is 20.4 Å². The monoisotopic (exact) mass is 387 g/mol. The van der Waals surface area contributed by atoms with E-state index >= 15 is 0 Å². The normalized spacial score (nSPS) is 11.1. The van der Waals surface area contributed by atoms with E-state index in [1.807, 2.05) is 49.4 Å². The van der Waals surface area contributed by atoms with E-state index in [0.29, 0.717) is 23.0 Å². The number of aromatic nitrogens is 2. The zero-order valence-corrected chi connectivity index (χ0v) is 16.3. The number of hydrogen-bond acceptors (Lipinski definition) is 3. The van der Waals surface area contributed by atoms with Crippen LogP contribution in [0, 0.1) is 0 Å². The van der Waals surface area contributed by atoms with Crippen molar-refractivity contribution in [1.29, 1.82) is 0 Å². The molecule has 1 aromatic heterocycles.